The lowest BCUT2D eigenvalue weighted by Gasteiger charge is -2.33. The van der Waals surface area contributed by atoms with Crippen LogP contribution in [-0.4, -0.2) is 72.0 Å². The van der Waals surface area contributed by atoms with Crippen LogP contribution in [-0.2, 0) is 6.54 Å². The number of imidazole rings is 1. The Kier molecular flexibility index (Phi) is 8.93. The molecule has 1 aliphatic heterocycles. The van der Waals surface area contributed by atoms with Gasteiger partial charge in [-0.15, -0.1) is 0 Å². The molecule has 9 heteroatoms. The second-order valence-corrected chi connectivity index (χ2v) is 8.17. The van der Waals surface area contributed by atoms with Gasteiger partial charge >= 0.3 is 0 Å². The lowest BCUT2D eigenvalue weighted by Crippen LogP contribution is -2.50. The molecule has 0 amide bonds. The zero-order valence-electron chi connectivity index (χ0n) is 18.7. The highest BCUT2D eigenvalue weighted by atomic mass is 32.1. The van der Waals surface area contributed by atoms with E-state index >= 15 is 0 Å². The summed E-state index contributed by atoms with van der Waals surface area (Å²) in [6.07, 6.45) is 4.68. The van der Waals surface area contributed by atoms with Crippen molar-refractivity contribution in [2.24, 2.45) is 0 Å². The number of piperazine rings is 1. The SMILES string of the molecule is COc1cc(NC(=S)NCCCn2cncc2C)ccc1OCCN1CCNCC1C. The monoisotopic (exact) mass is 446 g/mol. The Morgan fingerprint density at radius 3 is 2.94 bits per heavy atom. The number of aryl methyl sites for hydroxylation is 2. The first-order chi connectivity index (χ1) is 15.1. The molecule has 0 bridgehead atoms. The number of ether oxygens (including phenoxy) is 2. The number of hydrogen-bond donors (Lipinski definition) is 3. The van der Waals surface area contributed by atoms with Gasteiger partial charge in [-0.25, -0.2) is 4.98 Å². The number of methoxy groups -OCH3 is 1. The van der Waals surface area contributed by atoms with Crippen molar-refractivity contribution in [3.8, 4) is 11.5 Å². The minimum Gasteiger partial charge on any atom is -0.493 e. The number of benzene rings is 1. The molecule has 1 aliphatic rings. The summed E-state index contributed by atoms with van der Waals surface area (Å²) >= 11 is 5.42. The lowest BCUT2D eigenvalue weighted by atomic mass is 10.2. The number of nitrogens with one attached hydrogen (secondary N) is 3. The van der Waals surface area contributed by atoms with E-state index in [2.05, 4.69) is 44.2 Å². The molecule has 2 aromatic rings. The third-order valence-corrected chi connectivity index (χ3v) is 5.72. The maximum Gasteiger partial charge on any atom is 0.170 e. The largest absolute Gasteiger partial charge is 0.493 e. The first-order valence-corrected chi connectivity index (χ1v) is 11.2. The van der Waals surface area contributed by atoms with Crippen molar-refractivity contribution in [2.45, 2.75) is 32.9 Å². The molecule has 0 aliphatic carbocycles. The van der Waals surface area contributed by atoms with E-state index in [1.54, 1.807) is 7.11 Å². The minimum absolute atomic E-state index is 0.531. The van der Waals surface area contributed by atoms with Crippen molar-refractivity contribution in [3.05, 3.63) is 36.4 Å². The molecule has 1 atom stereocenters. The Bertz CT molecular complexity index is 843. The van der Waals surface area contributed by atoms with E-state index in [1.165, 1.54) is 0 Å². The third-order valence-electron chi connectivity index (χ3n) is 5.48. The quantitative estimate of drug-likeness (QED) is 0.379. The molecule has 1 aromatic carbocycles. The van der Waals surface area contributed by atoms with Gasteiger partial charge in [0.15, 0.2) is 16.6 Å². The van der Waals surface area contributed by atoms with E-state index in [1.807, 2.05) is 30.7 Å². The Labute approximate surface area is 190 Å². The van der Waals surface area contributed by atoms with Gasteiger partial charge in [-0.1, -0.05) is 0 Å². The fraction of sp³-hybridized carbons (Fsp3) is 0.545. The van der Waals surface area contributed by atoms with E-state index in [-0.39, 0.29) is 0 Å². The molecule has 31 heavy (non-hydrogen) atoms. The minimum atomic E-state index is 0.531. The smallest absolute Gasteiger partial charge is 0.170 e. The number of aromatic nitrogens is 2. The second kappa shape index (κ2) is 11.9. The van der Waals surface area contributed by atoms with Crippen LogP contribution in [0.2, 0.25) is 0 Å². The molecule has 1 unspecified atom stereocenters. The molecule has 2 heterocycles. The summed E-state index contributed by atoms with van der Waals surface area (Å²) in [6, 6.07) is 6.32. The van der Waals surface area contributed by atoms with Gasteiger partial charge in [0.25, 0.3) is 0 Å². The van der Waals surface area contributed by atoms with Gasteiger partial charge in [0.05, 0.1) is 13.4 Å². The Morgan fingerprint density at radius 1 is 1.32 bits per heavy atom. The molecular formula is C22H34N6O2S. The summed E-state index contributed by atoms with van der Waals surface area (Å²) in [7, 11) is 1.65. The highest BCUT2D eigenvalue weighted by Gasteiger charge is 2.17. The van der Waals surface area contributed by atoms with Crippen molar-refractivity contribution in [1.29, 1.82) is 0 Å². The van der Waals surface area contributed by atoms with Crippen molar-refractivity contribution in [2.75, 3.05) is 51.8 Å². The fourth-order valence-electron chi connectivity index (χ4n) is 3.60. The predicted molar refractivity (Wildman–Crippen MR) is 128 cm³/mol. The van der Waals surface area contributed by atoms with Crippen molar-refractivity contribution in [1.82, 2.24) is 25.1 Å². The summed E-state index contributed by atoms with van der Waals surface area (Å²) in [5.41, 5.74) is 2.03. The summed E-state index contributed by atoms with van der Waals surface area (Å²) in [6.45, 7) is 10.6. The molecule has 3 rings (SSSR count). The van der Waals surface area contributed by atoms with Gasteiger partial charge in [0.2, 0.25) is 0 Å². The van der Waals surface area contributed by atoms with Crippen LogP contribution >= 0.6 is 12.2 Å². The van der Waals surface area contributed by atoms with Crippen LogP contribution in [0.15, 0.2) is 30.7 Å². The fourth-order valence-corrected chi connectivity index (χ4v) is 3.82. The van der Waals surface area contributed by atoms with Gasteiger partial charge in [-0.05, 0) is 44.6 Å². The summed E-state index contributed by atoms with van der Waals surface area (Å²) in [5.74, 6) is 1.43. The van der Waals surface area contributed by atoms with Crippen LogP contribution in [0.3, 0.4) is 0 Å². The van der Waals surface area contributed by atoms with Gasteiger partial charge in [-0.2, -0.15) is 0 Å². The summed E-state index contributed by atoms with van der Waals surface area (Å²) in [5, 5.41) is 10.5. The Hall–Kier alpha value is -2.36. The zero-order chi connectivity index (χ0) is 22.1. The Morgan fingerprint density at radius 2 is 2.19 bits per heavy atom. The number of thiocarbonyl (C=S) groups is 1. The van der Waals surface area contributed by atoms with E-state index in [4.69, 9.17) is 21.7 Å². The third kappa shape index (κ3) is 7.09. The highest BCUT2D eigenvalue weighted by molar-refractivity contribution is 7.80. The summed E-state index contributed by atoms with van der Waals surface area (Å²) in [4.78, 5) is 6.58. The molecule has 8 nitrogen and oxygen atoms in total. The number of nitrogens with zero attached hydrogens (tertiary/aromatic N) is 3. The average molecular weight is 447 g/mol. The van der Waals surface area contributed by atoms with Crippen LogP contribution < -0.4 is 25.4 Å². The summed E-state index contributed by atoms with van der Waals surface area (Å²) < 4.78 is 13.6. The molecular weight excluding hydrogens is 412 g/mol. The highest BCUT2D eigenvalue weighted by Crippen LogP contribution is 2.30. The molecule has 0 spiro atoms. The van der Waals surface area contributed by atoms with Gasteiger partial charge < -0.3 is 30.0 Å². The van der Waals surface area contributed by atoms with Gasteiger partial charge in [0.1, 0.15) is 6.61 Å². The van der Waals surface area contributed by atoms with Crippen LogP contribution in [0.5, 0.6) is 11.5 Å². The molecule has 0 radical (unpaired) electrons. The van der Waals surface area contributed by atoms with E-state index in [9.17, 15) is 0 Å². The van der Waals surface area contributed by atoms with Crippen molar-refractivity contribution in [3.63, 3.8) is 0 Å². The van der Waals surface area contributed by atoms with Crippen molar-refractivity contribution < 1.29 is 9.47 Å². The van der Waals surface area contributed by atoms with Gasteiger partial charge in [0, 0.05) is 69.0 Å². The topological polar surface area (TPSA) is 75.6 Å². The molecule has 1 fully saturated rings. The number of anilines is 1. The first-order valence-electron chi connectivity index (χ1n) is 10.8. The van der Waals surface area contributed by atoms with E-state index in [0.717, 1.165) is 62.8 Å². The van der Waals surface area contributed by atoms with Crippen LogP contribution in [0.4, 0.5) is 5.69 Å². The normalized spacial score (nSPS) is 16.7. The van der Waals surface area contributed by atoms with Crippen molar-refractivity contribution >= 4 is 23.0 Å². The van der Waals surface area contributed by atoms with Crippen LogP contribution in [0.25, 0.3) is 0 Å². The molecule has 1 saturated heterocycles. The predicted octanol–water partition coefficient (Wildman–Crippen LogP) is 2.25. The van der Waals surface area contributed by atoms with Crippen LogP contribution in [0, 0.1) is 6.92 Å². The number of hydrogen-bond acceptors (Lipinski definition) is 6. The zero-order valence-corrected chi connectivity index (χ0v) is 19.5. The Balaban J connectivity index is 1.41. The molecule has 170 valence electrons. The maximum atomic E-state index is 5.99. The lowest BCUT2D eigenvalue weighted by molar-refractivity contribution is 0.142. The van der Waals surface area contributed by atoms with E-state index < -0.39 is 0 Å². The molecule has 1 aromatic heterocycles. The standard InChI is InChI=1S/C22H34N6O2S/c1-17-14-23-8-10-27(17)11-12-30-20-6-5-19(13-21(20)29-3)26-22(31)25-7-4-9-28-16-24-15-18(28)2/h5-6,13,15-17,23H,4,7-12,14H2,1-3H3,(H2,25,26,31). The second-order valence-electron chi connectivity index (χ2n) is 7.77. The van der Waals surface area contributed by atoms with E-state index in [0.29, 0.717) is 23.5 Å². The first kappa shape index (κ1) is 23.3. The average Bonchev–Trinajstić information content (AvgIpc) is 3.18. The molecule has 0 saturated carbocycles. The maximum absolute atomic E-state index is 5.99. The molecule has 3 N–H and O–H groups in total. The van der Waals surface area contributed by atoms with Crippen LogP contribution in [0.1, 0.15) is 19.0 Å². The van der Waals surface area contributed by atoms with Gasteiger partial charge in [-0.3, -0.25) is 4.90 Å². The number of rotatable bonds is 10.